The third-order valence-electron chi connectivity index (χ3n) is 0.407. The molecule has 0 aromatic heterocycles. The van der Waals surface area contributed by atoms with Gasteiger partial charge < -0.3 is 5.41 Å². The molecule has 7 heavy (non-hydrogen) atoms. The van der Waals surface area contributed by atoms with Crippen LogP contribution < -0.4 is 0 Å². The third-order valence-corrected chi connectivity index (χ3v) is 0.407. The molecule has 0 radical (unpaired) electrons. The summed E-state index contributed by atoms with van der Waals surface area (Å²) in [5.41, 5.74) is -1.15. The Hall–Kier alpha value is -0.540. The average Bonchev–Trinajstić information content (AvgIpc) is 1.65. The van der Waals surface area contributed by atoms with Gasteiger partial charge in [0, 0.05) is 0 Å². The molecule has 0 unspecified atom stereocenters. The molecule has 0 aromatic rings. The Bertz CT molecular complexity index is 70.6. The van der Waals surface area contributed by atoms with Gasteiger partial charge in [-0.1, -0.05) is 0 Å². The van der Waals surface area contributed by atoms with E-state index in [4.69, 9.17) is 5.41 Å². The molecule has 0 heterocycles. The van der Waals surface area contributed by atoms with Crippen molar-refractivity contribution in [3.63, 3.8) is 0 Å². The van der Waals surface area contributed by atoms with Crippen LogP contribution in [0.4, 0.5) is 13.2 Å². The minimum Gasteiger partial charge on any atom is -0.301 e. The molecule has 0 fully saturated rings. The van der Waals surface area contributed by atoms with Crippen LogP contribution in [0, 0.1) is 5.41 Å². The first-order valence-corrected chi connectivity index (χ1v) is 1.60. The summed E-state index contributed by atoms with van der Waals surface area (Å²) in [6.45, 7) is -1.35. The van der Waals surface area contributed by atoms with E-state index in [9.17, 15) is 13.2 Å². The third kappa shape index (κ3) is 2.19. The molecular weight excluding hydrogens is 107 g/mol. The lowest BCUT2D eigenvalue weighted by Gasteiger charge is -1.90. The van der Waals surface area contributed by atoms with E-state index >= 15 is 0 Å². The highest BCUT2D eigenvalue weighted by molar-refractivity contribution is 5.85. The van der Waals surface area contributed by atoms with Crippen LogP contribution in [-0.4, -0.2) is 18.8 Å². The lowest BCUT2D eigenvalue weighted by atomic mass is 10.4. The van der Waals surface area contributed by atoms with Crippen LogP contribution in [0.2, 0.25) is 0 Å². The standard InChI is InChI=1S/C3H4F3N/c4-1-2(7)3(5)6/h3,7H,1H2. The van der Waals surface area contributed by atoms with E-state index in [1.807, 2.05) is 0 Å². The van der Waals surface area contributed by atoms with E-state index < -0.39 is 18.8 Å². The molecule has 0 spiro atoms. The van der Waals surface area contributed by atoms with Crippen molar-refractivity contribution in [1.82, 2.24) is 0 Å². The average molecular weight is 111 g/mol. The molecule has 0 amide bonds. The summed E-state index contributed by atoms with van der Waals surface area (Å²) in [5, 5.41) is 6.07. The lowest BCUT2D eigenvalue weighted by molar-refractivity contribution is 0.219. The molecule has 0 saturated carbocycles. The Kier molecular flexibility index (Phi) is 2.40. The topological polar surface area (TPSA) is 23.9 Å². The van der Waals surface area contributed by atoms with Crippen LogP contribution in [0.3, 0.4) is 0 Å². The van der Waals surface area contributed by atoms with Gasteiger partial charge in [-0.25, -0.2) is 13.2 Å². The summed E-state index contributed by atoms with van der Waals surface area (Å²) in [7, 11) is 0. The van der Waals surface area contributed by atoms with Crippen molar-refractivity contribution in [3.05, 3.63) is 0 Å². The van der Waals surface area contributed by atoms with Crippen molar-refractivity contribution in [2.24, 2.45) is 0 Å². The zero-order chi connectivity index (χ0) is 5.86. The van der Waals surface area contributed by atoms with Gasteiger partial charge in [0.1, 0.15) is 12.4 Å². The molecule has 0 aliphatic carbocycles. The summed E-state index contributed by atoms with van der Waals surface area (Å²) < 4.78 is 32.9. The maximum Gasteiger partial charge on any atom is 0.278 e. The van der Waals surface area contributed by atoms with Crippen LogP contribution in [0.5, 0.6) is 0 Å². The maximum atomic E-state index is 11.0. The van der Waals surface area contributed by atoms with E-state index in [1.54, 1.807) is 0 Å². The predicted molar refractivity (Wildman–Crippen MR) is 19.7 cm³/mol. The summed E-state index contributed by atoms with van der Waals surface area (Å²) >= 11 is 0. The van der Waals surface area contributed by atoms with E-state index in [-0.39, 0.29) is 0 Å². The van der Waals surface area contributed by atoms with Gasteiger partial charge in [0.25, 0.3) is 6.43 Å². The highest BCUT2D eigenvalue weighted by atomic mass is 19.3. The van der Waals surface area contributed by atoms with Crippen molar-refractivity contribution in [3.8, 4) is 0 Å². The molecule has 4 heteroatoms. The normalized spacial score (nSPS) is 9.71. The number of alkyl halides is 3. The van der Waals surface area contributed by atoms with Crippen LogP contribution >= 0.6 is 0 Å². The molecular formula is C3H4F3N. The van der Waals surface area contributed by atoms with Crippen molar-refractivity contribution in [1.29, 1.82) is 5.41 Å². The summed E-state index contributed by atoms with van der Waals surface area (Å²) in [5.74, 6) is 0. The molecule has 1 nitrogen and oxygen atoms in total. The second-order valence-electron chi connectivity index (χ2n) is 0.960. The summed E-state index contributed by atoms with van der Waals surface area (Å²) in [6.07, 6.45) is -2.93. The SMILES string of the molecule is N=C(CF)C(F)F. The lowest BCUT2D eigenvalue weighted by Crippen LogP contribution is -2.09. The second-order valence-corrected chi connectivity index (χ2v) is 0.960. The Labute approximate surface area is 38.7 Å². The monoisotopic (exact) mass is 111 g/mol. The van der Waals surface area contributed by atoms with Gasteiger partial charge in [0.2, 0.25) is 0 Å². The number of halogens is 3. The fourth-order valence-corrected chi connectivity index (χ4v) is 0.0583. The second kappa shape index (κ2) is 2.60. The van der Waals surface area contributed by atoms with Gasteiger partial charge >= 0.3 is 0 Å². The summed E-state index contributed by atoms with van der Waals surface area (Å²) in [6, 6.07) is 0. The molecule has 0 bridgehead atoms. The Morgan fingerprint density at radius 2 is 2.00 bits per heavy atom. The Balaban J connectivity index is 3.35. The molecule has 0 aromatic carbocycles. The minimum atomic E-state index is -2.93. The smallest absolute Gasteiger partial charge is 0.278 e. The minimum absolute atomic E-state index is 1.15. The number of rotatable bonds is 2. The highest BCUT2D eigenvalue weighted by Crippen LogP contribution is 1.93. The fourth-order valence-electron chi connectivity index (χ4n) is 0.0583. The molecule has 1 N–H and O–H groups in total. The van der Waals surface area contributed by atoms with Crippen molar-refractivity contribution in [2.45, 2.75) is 6.43 Å². The Morgan fingerprint density at radius 3 is 2.00 bits per heavy atom. The molecule has 0 atom stereocenters. The van der Waals surface area contributed by atoms with E-state index in [0.29, 0.717) is 0 Å². The van der Waals surface area contributed by atoms with Gasteiger partial charge in [0.15, 0.2) is 0 Å². The molecule has 0 saturated heterocycles. The predicted octanol–water partition coefficient (Wildman–Crippen LogP) is 1.24. The van der Waals surface area contributed by atoms with Crippen molar-refractivity contribution < 1.29 is 13.2 Å². The fraction of sp³-hybridized carbons (Fsp3) is 0.667. The zero-order valence-electron chi connectivity index (χ0n) is 3.42. The molecule has 0 rings (SSSR count). The first-order chi connectivity index (χ1) is 3.18. The van der Waals surface area contributed by atoms with Gasteiger partial charge in [-0.2, -0.15) is 0 Å². The van der Waals surface area contributed by atoms with Crippen LogP contribution in [-0.2, 0) is 0 Å². The largest absolute Gasteiger partial charge is 0.301 e. The van der Waals surface area contributed by atoms with Gasteiger partial charge in [0.05, 0.1) is 0 Å². The van der Waals surface area contributed by atoms with E-state index in [2.05, 4.69) is 0 Å². The number of nitrogens with one attached hydrogen (secondary N) is 1. The highest BCUT2D eigenvalue weighted by Gasteiger charge is 2.07. The van der Waals surface area contributed by atoms with Crippen LogP contribution in [0.15, 0.2) is 0 Å². The number of hydrogen-bond acceptors (Lipinski definition) is 1. The van der Waals surface area contributed by atoms with E-state index in [0.717, 1.165) is 0 Å². The zero-order valence-corrected chi connectivity index (χ0v) is 3.42. The first kappa shape index (κ1) is 6.46. The Morgan fingerprint density at radius 1 is 1.57 bits per heavy atom. The number of hydrogen-bond donors (Lipinski definition) is 1. The van der Waals surface area contributed by atoms with Crippen LogP contribution in [0.25, 0.3) is 0 Å². The molecule has 0 aliphatic rings. The van der Waals surface area contributed by atoms with Gasteiger partial charge in [-0.3, -0.25) is 0 Å². The quantitative estimate of drug-likeness (QED) is 0.518. The van der Waals surface area contributed by atoms with Crippen molar-refractivity contribution in [2.75, 3.05) is 6.67 Å². The van der Waals surface area contributed by atoms with E-state index in [1.165, 1.54) is 0 Å². The first-order valence-electron chi connectivity index (χ1n) is 1.60. The summed E-state index contributed by atoms with van der Waals surface area (Å²) in [4.78, 5) is 0. The van der Waals surface area contributed by atoms with Gasteiger partial charge in [-0.15, -0.1) is 0 Å². The molecule has 0 aliphatic heterocycles. The molecule has 42 valence electrons. The maximum absolute atomic E-state index is 11.0. The van der Waals surface area contributed by atoms with Gasteiger partial charge in [-0.05, 0) is 0 Å². The van der Waals surface area contributed by atoms with Crippen LogP contribution in [0.1, 0.15) is 0 Å². The van der Waals surface area contributed by atoms with Crippen molar-refractivity contribution >= 4 is 5.71 Å².